The number of ether oxygens (including phenoxy) is 1. The van der Waals surface area contributed by atoms with E-state index in [-0.39, 0.29) is 11.4 Å². The zero-order valence-electron chi connectivity index (χ0n) is 13.1. The zero-order valence-corrected chi connectivity index (χ0v) is 13.1. The molecule has 0 spiro atoms. The molecule has 0 saturated heterocycles. The van der Waals surface area contributed by atoms with E-state index in [0.29, 0.717) is 12.2 Å². The molecule has 0 aliphatic carbocycles. The molecule has 1 amide bonds. The SMILES string of the molecule is COc1ccc(Cn2nc(N)c(C(N)=O)c2-c2ccncc2)cc1. The number of carbonyl (C=O) groups is 1. The number of benzene rings is 1. The van der Waals surface area contributed by atoms with Gasteiger partial charge in [0.05, 0.1) is 19.3 Å². The summed E-state index contributed by atoms with van der Waals surface area (Å²) < 4.78 is 6.83. The van der Waals surface area contributed by atoms with E-state index in [4.69, 9.17) is 16.2 Å². The summed E-state index contributed by atoms with van der Waals surface area (Å²) in [6.45, 7) is 0.444. The predicted octanol–water partition coefficient (Wildman–Crippen LogP) is 1.68. The standard InChI is InChI=1S/C17H17N5O2/c1-24-13-4-2-11(3-5-13)10-22-15(12-6-8-20-9-7-12)14(17(19)23)16(18)21-22/h2-9H,10H2,1H3,(H2,18,21)(H2,19,23). The molecule has 2 aromatic heterocycles. The Kier molecular flexibility index (Phi) is 4.15. The Labute approximate surface area is 138 Å². The summed E-state index contributed by atoms with van der Waals surface area (Å²) in [5, 5.41) is 4.29. The quantitative estimate of drug-likeness (QED) is 0.742. The summed E-state index contributed by atoms with van der Waals surface area (Å²) in [6, 6.07) is 11.2. The van der Waals surface area contributed by atoms with Crippen molar-refractivity contribution in [2.24, 2.45) is 5.73 Å². The first kappa shape index (κ1) is 15.5. The lowest BCUT2D eigenvalue weighted by Gasteiger charge is -2.09. The van der Waals surface area contributed by atoms with Gasteiger partial charge in [0.25, 0.3) is 5.91 Å². The molecule has 7 nitrogen and oxygen atoms in total. The van der Waals surface area contributed by atoms with Crippen LogP contribution in [0.4, 0.5) is 5.82 Å². The molecule has 0 radical (unpaired) electrons. The van der Waals surface area contributed by atoms with E-state index in [2.05, 4.69) is 10.1 Å². The number of nitrogens with two attached hydrogens (primary N) is 2. The third-order valence-electron chi connectivity index (χ3n) is 3.67. The van der Waals surface area contributed by atoms with E-state index in [1.807, 2.05) is 24.3 Å². The largest absolute Gasteiger partial charge is 0.497 e. The fourth-order valence-electron chi connectivity index (χ4n) is 2.54. The molecule has 1 aromatic carbocycles. The fourth-order valence-corrected chi connectivity index (χ4v) is 2.54. The summed E-state index contributed by atoms with van der Waals surface area (Å²) >= 11 is 0. The molecule has 4 N–H and O–H groups in total. The smallest absolute Gasteiger partial charge is 0.254 e. The number of aromatic nitrogens is 3. The predicted molar refractivity (Wildman–Crippen MR) is 90.5 cm³/mol. The number of rotatable bonds is 5. The minimum Gasteiger partial charge on any atom is -0.497 e. The first-order valence-corrected chi connectivity index (χ1v) is 7.29. The molecular formula is C17H17N5O2. The maximum atomic E-state index is 11.8. The van der Waals surface area contributed by atoms with Gasteiger partial charge < -0.3 is 16.2 Å². The van der Waals surface area contributed by atoms with Gasteiger partial charge in [0.1, 0.15) is 11.3 Å². The molecular weight excluding hydrogens is 306 g/mol. The molecule has 122 valence electrons. The van der Waals surface area contributed by atoms with E-state index in [9.17, 15) is 4.79 Å². The van der Waals surface area contributed by atoms with Gasteiger partial charge in [-0.3, -0.25) is 14.5 Å². The number of nitrogens with zero attached hydrogens (tertiary/aromatic N) is 3. The molecule has 0 saturated carbocycles. The monoisotopic (exact) mass is 323 g/mol. The van der Waals surface area contributed by atoms with Crippen molar-refractivity contribution < 1.29 is 9.53 Å². The molecule has 7 heteroatoms. The number of primary amides is 1. The molecule has 0 atom stereocenters. The van der Waals surface area contributed by atoms with Crippen molar-refractivity contribution in [3.05, 3.63) is 59.9 Å². The van der Waals surface area contributed by atoms with Crippen LogP contribution in [0.3, 0.4) is 0 Å². The Morgan fingerprint density at radius 2 is 1.83 bits per heavy atom. The molecule has 3 rings (SSSR count). The Balaban J connectivity index is 2.07. The van der Waals surface area contributed by atoms with Crippen LogP contribution in [0.5, 0.6) is 5.75 Å². The van der Waals surface area contributed by atoms with Gasteiger partial charge in [-0.25, -0.2) is 0 Å². The molecule has 0 aliphatic heterocycles. The Hall–Kier alpha value is -3.35. The summed E-state index contributed by atoms with van der Waals surface area (Å²) in [4.78, 5) is 15.8. The Morgan fingerprint density at radius 3 is 2.42 bits per heavy atom. The normalized spacial score (nSPS) is 10.5. The summed E-state index contributed by atoms with van der Waals surface area (Å²) in [5.41, 5.74) is 14.0. The lowest BCUT2D eigenvalue weighted by molar-refractivity contribution is 0.100. The van der Waals surface area contributed by atoms with Gasteiger partial charge in [-0.15, -0.1) is 0 Å². The van der Waals surface area contributed by atoms with Crippen molar-refractivity contribution in [1.29, 1.82) is 0 Å². The second-order valence-corrected chi connectivity index (χ2v) is 5.21. The third kappa shape index (κ3) is 2.91. The molecule has 24 heavy (non-hydrogen) atoms. The highest BCUT2D eigenvalue weighted by Crippen LogP contribution is 2.28. The van der Waals surface area contributed by atoms with Crippen LogP contribution >= 0.6 is 0 Å². The molecule has 3 aromatic rings. The van der Waals surface area contributed by atoms with Gasteiger partial charge >= 0.3 is 0 Å². The van der Waals surface area contributed by atoms with Crippen LogP contribution in [-0.2, 0) is 6.54 Å². The molecule has 0 bridgehead atoms. The van der Waals surface area contributed by atoms with Gasteiger partial charge in [-0.2, -0.15) is 5.10 Å². The molecule has 0 fully saturated rings. The first-order valence-electron chi connectivity index (χ1n) is 7.29. The number of carbonyl (C=O) groups excluding carboxylic acids is 1. The fraction of sp³-hybridized carbons (Fsp3) is 0.118. The topological polar surface area (TPSA) is 109 Å². The van der Waals surface area contributed by atoms with Crippen LogP contribution in [-0.4, -0.2) is 27.8 Å². The van der Waals surface area contributed by atoms with Crippen molar-refractivity contribution in [3.63, 3.8) is 0 Å². The summed E-state index contributed by atoms with van der Waals surface area (Å²) in [7, 11) is 1.61. The molecule has 0 aliphatic rings. The summed E-state index contributed by atoms with van der Waals surface area (Å²) in [6.07, 6.45) is 3.28. The number of amides is 1. The van der Waals surface area contributed by atoms with Gasteiger partial charge in [-0.1, -0.05) is 12.1 Å². The Bertz CT molecular complexity index is 857. The van der Waals surface area contributed by atoms with E-state index < -0.39 is 5.91 Å². The number of hydrogen-bond acceptors (Lipinski definition) is 5. The number of nitrogen functional groups attached to an aromatic ring is 1. The minimum atomic E-state index is -0.611. The van der Waals surface area contributed by atoms with Gasteiger partial charge in [-0.05, 0) is 29.8 Å². The maximum Gasteiger partial charge on any atom is 0.254 e. The van der Waals surface area contributed by atoms with Gasteiger partial charge in [0.2, 0.25) is 0 Å². The van der Waals surface area contributed by atoms with Crippen molar-refractivity contribution in [2.45, 2.75) is 6.54 Å². The molecule has 2 heterocycles. The maximum absolute atomic E-state index is 11.8. The van der Waals surface area contributed by atoms with Crippen molar-refractivity contribution in [3.8, 4) is 17.0 Å². The number of hydrogen-bond donors (Lipinski definition) is 2. The van der Waals surface area contributed by atoms with E-state index in [1.54, 1.807) is 36.3 Å². The third-order valence-corrected chi connectivity index (χ3v) is 3.67. The van der Waals surface area contributed by atoms with E-state index in [0.717, 1.165) is 16.9 Å². The lowest BCUT2D eigenvalue weighted by atomic mass is 10.1. The van der Waals surface area contributed by atoms with Crippen LogP contribution in [0.1, 0.15) is 15.9 Å². The van der Waals surface area contributed by atoms with E-state index >= 15 is 0 Å². The summed E-state index contributed by atoms with van der Waals surface area (Å²) in [5.74, 6) is 0.272. The second kappa shape index (κ2) is 6.41. The first-order chi connectivity index (χ1) is 11.6. The highest BCUT2D eigenvalue weighted by Gasteiger charge is 2.21. The van der Waals surface area contributed by atoms with E-state index in [1.165, 1.54) is 0 Å². The zero-order chi connectivity index (χ0) is 17.1. The number of pyridine rings is 1. The van der Waals surface area contributed by atoms with Crippen LogP contribution in [0.15, 0.2) is 48.8 Å². The van der Waals surface area contributed by atoms with Gasteiger partial charge in [0, 0.05) is 18.0 Å². The Morgan fingerprint density at radius 1 is 1.17 bits per heavy atom. The average Bonchev–Trinajstić information content (AvgIpc) is 2.92. The van der Waals surface area contributed by atoms with Crippen molar-refractivity contribution >= 4 is 11.7 Å². The number of anilines is 1. The minimum absolute atomic E-state index is 0.114. The van der Waals surface area contributed by atoms with Crippen LogP contribution in [0.25, 0.3) is 11.3 Å². The number of methoxy groups -OCH3 is 1. The second-order valence-electron chi connectivity index (χ2n) is 5.21. The highest BCUT2D eigenvalue weighted by atomic mass is 16.5. The average molecular weight is 323 g/mol. The van der Waals surface area contributed by atoms with Crippen molar-refractivity contribution in [1.82, 2.24) is 14.8 Å². The van der Waals surface area contributed by atoms with Gasteiger partial charge in [0.15, 0.2) is 5.82 Å². The lowest BCUT2D eigenvalue weighted by Crippen LogP contribution is -2.14. The highest BCUT2D eigenvalue weighted by molar-refractivity contribution is 6.03. The van der Waals surface area contributed by atoms with Crippen LogP contribution in [0.2, 0.25) is 0 Å². The van der Waals surface area contributed by atoms with Crippen LogP contribution < -0.4 is 16.2 Å². The van der Waals surface area contributed by atoms with Crippen LogP contribution in [0, 0.1) is 0 Å². The molecule has 0 unspecified atom stereocenters. The van der Waals surface area contributed by atoms with Crippen molar-refractivity contribution in [2.75, 3.05) is 12.8 Å².